The second-order valence-electron chi connectivity index (χ2n) is 4.63. The summed E-state index contributed by atoms with van der Waals surface area (Å²) >= 11 is 0. The van der Waals surface area contributed by atoms with E-state index < -0.39 is 12.5 Å². The van der Waals surface area contributed by atoms with Crippen LogP contribution in [0.5, 0.6) is 11.5 Å². The second-order valence-corrected chi connectivity index (χ2v) is 4.63. The van der Waals surface area contributed by atoms with E-state index in [2.05, 4.69) is 15.3 Å². The molecule has 0 aromatic heterocycles. The molecule has 0 radical (unpaired) electrons. The fourth-order valence-electron chi connectivity index (χ4n) is 1.77. The van der Waals surface area contributed by atoms with Crippen LogP contribution in [0.15, 0.2) is 53.6 Å². The van der Waals surface area contributed by atoms with Crippen molar-refractivity contribution in [2.24, 2.45) is 5.10 Å². The Balaban J connectivity index is 1.85. The molecule has 2 aromatic carbocycles. The lowest BCUT2D eigenvalue weighted by molar-refractivity contribution is -0.123. The first kappa shape index (κ1) is 17.9. The van der Waals surface area contributed by atoms with Gasteiger partial charge in [-0.05, 0) is 36.4 Å². The van der Waals surface area contributed by atoms with E-state index in [9.17, 15) is 13.6 Å². The van der Waals surface area contributed by atoms with Crippen molar-refractivity contribution in [1.29, 1.82) is 5.26 Å². The SMILES string of the molecule is N#Cc1ccc(OCC(=O)N/N=C\c2ccccc2OC(F)F)cc1. The van der Waals surface area contributed by atoms with Crippen LogP contribution >= 0.6 is 0 Å². The minimum absolute atomic E-state index is 0.0515. The van der Waals surface area contributed by atoms with E-state index in [1.165, 1.54) is 18.3 Å². The normalized spacial score (nSPS) is 10.5. The van der Waals surface area contributed by atoms with Crippen LogP contribution in [0.1, 0.15) is 11.1 Å². The summed E-state index contributed by atoms with van der Waals surface area (Å²) in [7, 11) is 0. The second kappa shape index (κ2) is 8.98. The Morgan fingerprint density at radius 1 is 1.24 bits per heavy atom. The molecule has 2 rings (SSSR count). The van der Waals surface area contributed by atoms with Crippen molar-refractivity contribution in [3.63, 3.8) is 0 Å². The van der Waals surface area contributed by atoms with Crippen molar-refractivity contribution in [3.8, 4) is 17.6 Å². The maximum atomic E-state index is 12.3. The van der Waals surface area contributed by atoms with Crippen LogP contribution in [0.25, 0.3) is 0 Å². The number of ether oxygens (including phenoxy) is 2. The average molecular weight is 345 g/mol. The van der Waals surface area contributed by atoms with E-state index in [0.29, 0.717) is 11.3 Å². The first-order chi connectivity index (χ1) is 12.1. The van der Waals surface area contributed by atoms with Crippen LogP contribution in [0.3, 0.4) is 0 Å². The van der Waals surface area contributed by atoms with E-state index in [0.717, 1.165) is 0 Å². The number of nitrogens with one attached hydrogen (secondary N) is 1. The molecule has 0 heterocycles. The number of hydrogen-bond acceptors (Lipinski definition) is 5. The molecule has 1 N–H and O–H groups in total. The van der Waals surface area contributed by atoms with Gasteiger partial charge in [-0.25, -0.2) is 5.43 Å². The van der Waals surface area contributed by atoms with Crippen molar-refractivity contribution in [3.05, 3.63) is 59.7 Å². The molecule has 0 aliphatic carbocycles. The van der Waals surface area contributed by atoms with Crippen LogP contribution in [0, 0.1) is 11.3 Å². The van der Waals surface area contributed by atoms with Crippen LogP contribution in [0.4, 0.5) is 8.78 Å². The molecule has 128 valence electrons. The fraction of sp³-hybridized carbons (Fsp3) is 0.118. The molecule has 0 atom stereocenters. The van der Waals surface area contributed by atoms with Gasteiger partial charge in [-0.3, -0.25) is 4.79 Å². The fourth-order valence-corrected chi connectivity index (χ4v) is 1.77. The van der Waals surface area contributed by atoms with Crippen LogP contribution in [-0.2, 0) is 4.79 Å². The summed E-state index contributed by atoms with van der Waals surface area (Å²) in [6.07, 6.45) is 1.19. The molecule has 25 heavy (non-hydrogen) atoms. The molecule has 0 aliphatic rings. The Kier molecular flexibility index (Phi) is 6.42. The smallest absolute Gasteiger partial charge is 0.387 e. The minimum Gasteiger partial charge on any atom is -0.484 e. The number of nitrogens with zero attached hydrogens (tertiary/aromatic N) is 2. The molecule has 6 nitrogen and oxygen atoms in total. The van der Waals surface area contributed by atoms with Gasteiger partial charge in [0.1, 0.15) is 11.5 Å². The number of hydrogen-bond donors (Lipinski definition) is 1. The summed E-state index contributed by atoms with van der Waals surface area (Å²) in [5.74, 6) is -0.161. The number of halogens is 2. The van der Waals surface area contributed by atoms with Crippen molar-refractivity contribution < 1.29 is 23.0 Å². The van der Waals surface area contributed by atoms with E-state index in [1.54, 1.807) is 36.4 Å². The van der Waals surface area contributed by atoms with E-state index in [1.807, 2.05) is 6.07 Å². The van der Waals surface area contributed by atoms with Gasteiger partial charge in [0.05, 0.1) is 17.8 Å². The number of hydrazone groups is 1. The van der Waals surface area contributed by atoms with Crippen molar-refractivity contribution in [2.45, 2.75) is 6.61 Å². The molecule has 0 saturated heterocycles. The third-order valence-electron chi connectivity index (χ3n) is 2.88. The summed E-state index contributed by atoms with van der Waals surface area (Å²) < 4.78 is 34.1. The molecular weight excluding hydrogens is 332 g/mol. The molecule has 0 unspecified atom stereocenters. The van der Waals surface area contributed by atoms with E-state index in [4.69, 9.17) is 10.00 Å². The summed E-state index contributed by atoms with van der Waals surface area (Å²) in [5, 5.41) is 12.4. The highest BCUT2D eigenvalue weighted by atomic mass is 19.3. The molecule has 1 amide bonds. The van der Waals surface area contributed by atoms with Gasteiger partial charge >= 0.3 is 6.61 Å². The lowest BCUT2D eigenvalue weighted by Gasteiger charge is -2.07. The Morgan fingerprint density at radius 2 is 1.96 bits per heavy atom. The van der Waals surface area contributed by atoms with Crippen molar-refractivity contribution >= 4 is 12.1 Å². The maximum absolute atomic E-state index is 12.3. The van der Waals surface area contributed by atoms with Crippen molar-refractivity contribution in [2.75, 3.05) is 6.61 Å². The van der Waals surface area contributed by atoms with Crippen molar-refractivity contribution in [1.82, 2.24) is 5.43 Å². The first-order valence-corrected chi connectivity index (χ1v) is 7.07. The molecule has 0 fully saturated rings. The van der Waals surface area contributed by atoms with Gasteiger partial charge in [0, 0.05) is 5.56 Å². The van der Waals surface area contributed by atoms with Gasteiger partial charge in [0.2, 0.25) is 0 Å². The Morgan fingerprint density at radius 3 is 2.64 bits per heavy atom. The first-order valence-electron chi connectivity index (χ1n) is 7.07. The van der Waals surface area contributed by atoms with Gasteiger partial charge in [-0.1, -0.05) is 12.1 Å². The molecule has 0 bridgehead atoms. The molecule has 0 spiro atoms. The lowest BCUT2D eigenvalue weighted by atomic mass is 10.2. The zero-order valence-electron chi connectivity index (χ0n) is 12.9. The Bertz CT molecular complexity index is 786. The lowest BCUT2D eigenvalue weighted by Crippen LogP contribution is -2.24. The van der Waals surface area contributed by atoms with Gasteiger partial charge in [-0.2, -0.15) is 19.1 Å². The van der Waals surface area contributed by atoms with Crippen LogP contribution < -0.4 is 14.9 Å². The van der Waals surface area contributed by atoms with Gasteiger partial charge in [-0.15, -0.1) is 0 Å². The Hall–Kier alpha value is -3.47. The van der Waals surface area contributed by atoms with Crippen LogP contribution in [-0.4, -0.2) is 25.3 Å². The zero-order chi connectivity index (χ0) is 18.1. The predicted octanol–water partition coefficient (Wildman–Crippen LogP) is 2.69. The largest absolute Gasteiger partial charge is 0.484 e. The van der Waals surface area contributed by atoms with Gasteiger partial charge in [0.15, 0.2) is 6.61 Å². The van der Waals surface area contributed by atoms with Crippen LogP contribution in [0.2, 0.25) is 0 Å². The third-order valence-corrected chi connectivity index (χ3v) is 2.88. The highest BCUT2D eigenvalue weighted by Crippen LogP contribution is 2.18. The highest BCUT2D eigenvalue weighted by Gasteiger charge is 2.07. The summed E-state index contributed by atoms with van der Waals surface area (Å²) in [6, 6.07) is 14.3. The monoisotopic (exact) mass is 345 g/mol. The van der Waals surface area contributed by atoms with E-state index >= 15 is 0 Å². The number of alkyl halides is 2. The highest BCUT2D eigenvalue weighted by molar-refractivity contribution is 5.85. The number of carbonyl (C=O) groups excluding carboxylic acids is 1. The Labute approximate surface area is 142 Å². The summed E-state index contributed by atoms with van der Waals surface area (Å²) in [5.41, 5.74) is 2.98. The summed E-state index contributed by atoms with van der Waals surface area (Å²) in [6.45, 7) is -3.25. The average Bonchev–Trinajstić information content (AvgIpc) is 2.61. The standard InChI is InChI=1S/C17H13F2N3O3/c18-17(19)25-15-4-2-1-3-13(15)10-21-22-16(23)11-24-14-7-5-12(9-20)6-8-14/h1-8,10,17H,11H2,(H,22,23)/b21-10-. The quantitative estimate of drug-likeness (QED) is 0.618. The van der Waals surface area contributed by atoms with Gasteiger partial charge in [0.25, 0.3) is 5.91 Å². The third kappa shape index (κ3) is 5.91. The number of nitriles is 1. The molecule has 0 saturated carbocycles. The number of carbonyl (C=O) groups is 1. The van der Waals surface area contributed by atoms with Gasteiger partial charge < -0.3 is 9.47 Å². The number of para-hydroxylation sites is 1. The number of rotatable bonds is 7. The molecule has 2 aromatic rings. The summed E-state index contributed by atoms with van der Waals surface area (Å²) in [4.78, 5) is 11.6. The maximum Gasteiger partial charge on any atom is 0.387 e. The molecule has 0 aliphatic heterocycles. The number of benzene rings is 2. The minimum atomic E-state index is -2.95. The molecular formula is C17H13F2N3O3. The topological polar surface area (TPSA) is 83.7 Å². The van der Waals surface area contributed by atoms with E-state index in [-0.39, 0.29) is 17.9 Å². The predicted molar refractivity (Wildman–Crippen MR) is 85.5 cm³/mol. The number of amides is 1. The zero-order valence-corrected chi connectivity index (χ0v) is 12.9. The molecule has 8 heteroatoms.